The molecule has 0 rings (SSSR count). The van der Waals surface area contributed by atoms with Crippen molar-refractivity contribution >= 4 is 5.91 Å². The van der Waals surface area contributed by atoms with Crippen LogP contribution in [-0.4, -0.2) is 37.7 Å². The van der Waals surface area contributed by atoms with Crippen LogP contribution in [0.5, 0.6) is 0 Å². The van der Waals surface area contributed by atoms with Crippen LogP contribution >= 0.6 is 0 Å². The Morgan fingerprint density at radius 2 is 1.94 bits per heavy atom. The number of carbonyl (C=O) groups is 1. The molecule has 96 valence electrons. The lowest BCUT2D eigenvalue weighted by Gasteiger charge is -2.24. The Kier molecular flexibility index (Phi) is 8.21. The monoisotopic (exact) mass is 230 g/mol. The van der Waals surface area contributed by atoms with E-state index < -0.39 is 0 Å². The van der Waals surface area contributed by atoms with E-state index in [2.05, 4.69) is 24.5 Å². The summed E-state index contributed by atoms with van der Waals surface area (Å²) in [5.41, 5.74) is -0.138. The SMILES string of the molecule is CCCNCCOCC(=O)NC(C)(C)CC. The van der Waals surface area contributed by atoms with Gasteiger partial charge in [0.15, 0.2) is 0 Å². The molecule has 0 radical (unpaired) electrons. The maximum atomic E-state index is 11.4. The summed E-state index contributed by atoms with van der Waals surface area (Å²) in [5.74, 6) is -0.0395. The first-order valence-corrected chi connectivity index (χ1v) is 6.11. The molecule has 16 heavy (non-hydrogen) atoms. The third-order valence-electron chi connectivity index (χ3n) is 2.44. The molecule has 2 N–H and O–H groups in total. The fraction of sp³-hybridized carbons (Fsp3) is 0.917. The highest BCUT2D eigenvalue weighted by Crippen LogP contribution is 2.05. The van der Waals surface area contributed by atoms with E-state index in [4.69, 9.17) is 4.74 Å². The van der Waals surface area contributed by atoms with Crippen molar-refractivity contribution in [2.45, 2.75) is 46.1 Å². The van der Waals surface area contributed by atoms with Crippen LogP contribution in [0.4, 0.5) is 0 Å². The van der Waals surface area contributed by atoms with Crippen molar-refractivity contribution in [2.24, 2.45) is 0 Å². The summed E-state index contributed by atoms with van der Waals surface area (Å²) in [4.78, 5) is 11.4. The summed E-state index contributed by atoms with van der Waals surface area (Å²) in [6, 6.07) is 0. The first-order valence-electron chi connectivity index (χ1n) is 6.11. The van der Waals surface area contributed by atoms with Crippen molar-refractivity contribution in [3.8, 4) is 0 Å². The average molecular weight is 230 g/mol. The number of ether oxygens (including phenoxy) is 1. The lowest BCUT2D eigenvalue weighted by atomic mass is 10.0. The molecule has 0 aliphatic heterocycles. The van der Waals surface area contributed by atoms with Gasteiger partial charge in [-0.15, -0.1) is 0 Å². The Morgan fingerprint density at radius 1 is 1.25 bits per heavy atom. The molecule has 4 nitrogen and oxygen atoms in total. The van der Waals surface area contributed by atoms with Gasteiger partial charge in [0.1, 0.15) is 6.61 Å². The van der Waals surface area contributed by atoms with Crippen molar-refractivity contribution in [1.29, 1.82) is 0 Å². The van der Waals surface area contributed by atoms with Gasteiger partial charge < -0.3 is 15.4 Å². The van der Waals surface area contributed by atoms with E-state index in [0.29, 0.717) is 6.61 Å². The molecule has 0 aromatic carbocycles. The summed E-state index contributed by atoms with van der Waals surface area (Å²) >= 11 is 0. The Labute approximate surface area is 99.1 Å². The predicted molar refractivity (Wildman–Crippen MR) is 66.5 cm³/mol. The molecule has 4 heteroatoms. The summed E-state index contributed by atoms with van der Waals surface area (Å²) in [6.07, 6.45) is 2.03. The molecule has 0 aliphatic rings. The van der Waals surface area contributed by atoms with Crippen molar-refractivity contribution in [3.63, 3.8) is 0 Å². The van der Waals surface area contributed by atoms with Gasteiger partial charge in [0.2, 0.25) is 5.91 Å². The van der Waals surface area contributed by atoms with Crippen LogP contribution in [0.25, 0.3) is 0 Å². The zero-order valence-corrected chi connectivity index (χ0v) is 11.1. The molecule has 0 saturated carbocycles. The van der Waals surface area contributed by atoms with Crippen LogP contribution in [0, 0.1) is 0 Å². The maximum Gasteiger partial charge on any atom is 0.246 e. The zero-order valence-electron chi connectivity index (χ0n) is 11.1. The van der Waals surface area contributed by atoms with E-state index in [1.165, 1.54) is 0 Å². The highest BCUT2D eigenvalue weighted by molar-refractivity contribution is 5.77. The first-order chi connectivity index (χ1) is 7.52. The lowest BCUT2D eigenvalue weighted by molar-refractivity contribution is -0.127. The maximum absolute atomic E-state index is 11.4. The summed E-state index contributed by atoms with van der Waals surface area (Å²) in [7, 11) is 0. The molecule has 0 aromatic heterocycles. The number of nitrogens with one attached hydrogen (secondary N) is 2. The van der Waals surface area contributed by atoms with E-state index in [0.717, 1.165) is 25.9 Å². The van der Waals surface area contributed by atoms with E-state index in [1.807, 2.05) is 13.8 Å². The van der Waals surface area contributed by atoms with Gasteiger partial charge in [-0.3, -0.25) is 4.79 Å². The molecule has 1 amide bonds. The smallest absolute Gasteiger partial charge is 0.246 e. The molecular weight excluding hydrogens is 204 g/mol. The number of rotatable bonds is 9. The molecule has 0 aromatic rings. The van der Waals surface area contributed by atoms with E-state index in [9.17, 15) is 4.79 Å². The number of carbonyl (C=O) groups excluding carboxylic acids is 1. The zero-order chi connectivity index (χ0) is 12.4. The highest BCUT2D eigenvalue weighted by atomic mass is 16.5. The van der Waals surface area contributed by atoms with Crippen molar-refractivity contribution in [1.82, 2.24) is 10.6 Å². The molecule has 0 fully saturated rings. The minimum absolute atomic E-state index is 0.0395. The van der Waals surface area contributed by atoms with Crippen molar-refractivity contribution in [3.05, 3.63) is 0 Å². The van der Waals surface area contributed by atoms with Gasteiger partial charge in [0.05, 0.1) is 6.61 Å². The highest BCUT2D eigenvalue weighted by Gasteiger charge is 2.17. The van der Waals surface area contributed by atoms with Gasteiger partial charge in [-0.2, -0.15) is 0 Å². The number of hydrogen-bond donors (Lipinski definition) is 2. The van der Waals surface area contributed by atoms with E-state index in [-0.39, 0.29) is 18.1 Å². The fourth-order valence-corrected chi connectivity index (χ4v) is 1.11. The van der Waals surface area contributed by atoms with Gasteiger partial charge in [0.25, 0.3) is 0 Å². The molecule has 0 heterocycles. The summed E-state index contributed by atoms with van der Waals surface area (Å²) in [5, 5.41) is 6.14. The van der Waals surface area contributed by atoms with E-state index >= 15 is 0 Å². The topological polar surface area (TPSA) is 50.4 Å². The molecule has 0 saturated heterocycles. The van der Waals surface area contributed by atoms with Gasteiger partial charge >= 0.3 is 0 Å². The van der Waals surface area contributed by atoms with Gasteiger partial charge in [0, 0.05) is 12.1 Å². The normalized spacial score (nSPS) is 11.5. The van der Waals surface area contributed by atoms with Crippen LogP contribution in [0.2, 0.25) is 0 Å². The van der Waals surface area contributed by atoms with Crippen LogP contribution < -0.4 is 10.6 Å². The minimum atomic E-state index is -0.138. The molecule has 0 aliphatic carbocycles. The number of hydrogen-bond acceptors (Lipinski definition) is 3. The largest absolute Gasteiger partial charge is 0.370 e. The second-order valence-electron chi connectivity index (χ2n) is 4.59. The summed E-state index contributed by atoms with van der Waals surface area (Å²) in [6.45, 7) is 10.7. The Morgan fingerprint density at radius 3 is 2.50 bits per heavy atom. The quantitative estimate of drug-likeness (QED) is 0.587. The third kappa shape index (κ3) is 8.68. The van der Waals surface area contributed by atoms with Crippen molar-refractivity contribution < 1.29 is 9.53 Å². The second-order valence-corrected chi connectivity index (χ2v) is 4.59. The fourth-order valence-electron chi connectivity index (χ4n) is 1.11. The van der Waals surface area contributed by atoms with Gasteiger partial charge in [-0.05, 0) is 33.2 Å². The first kappa shape index (κ1) is 15.4. The Bertz CT molecular complexity index is 193. The second kappa shape index (κ2) is 8.53. The predicted octanol–water partition coefficient (Wildman–Crippen LogP) is 1.31. The lowest BCUT2D eigenvalue weighted by Crippen LogP contribution is -2.44. The van der Waals surface area contributed by atoms with Crippen molar-refractivity contribution in [2.75, 3.05) is 26.3 Å². The standard InChI is InChI=1S/C12H26N2O2/c1-5-7-13-8-9-16-10-11(15)14-12(3,4)6-2/h13H,5-10H2,1-4H3,(H,14,15). The van der Waals surface area contributed by atoms with Crippen LogP contribution in [0.15, 0.2) is 0 Å². The van der Waals surface area contributed by atoms with Crippen LogP contribution in [0.1, 0.15) is 40.5 Å². The Balaban J connectivity index is 3.44. The average Bonchev–Trinajstić information content (AvgIpc) is 2.22. The Hall–Kier alpha value is -0.610. The van der Waals surface area contributed by atoms with Gasteiger partial charge in [-0.25, -0.2) is 0 Å². The van der Waals surface area contributed by atoms with Crippen LogP contribution in [-0.2, 0) is 9.53 Å². The minimum Gasteiger partial charge on any atom is -0.370 e. The molecule has 0 atom stereocenters. The molecule has 0 bridgehead atoms. The molecule has 0 spiro atoms. The van der Waals surface area contributed by atoms with E-state index in [1.54, 1.807) is 0 Å². The van der Waals surface area contributed by atoms with Gasteiger partial charge in [-0.1, -0.05) is 13.8 Å². The third-order valence-corrected chi connectivity index (χ3v) is 2.44. The molecular formula is C12H26N2O2. The molecule has 0 unspecified atom stereocenters. The summed E-state index contributed by atoms with van der Waals surface area (Å²) < 4.78 is 5.26. The van der Waals surface area contributed by atoms with Crippen LogP contribution in [0.3, 0.4) is 0 Å². The number of amides is 1.